The normalized spacial score (nSPS) is 19.8. The fourth-order valence-corrected chi connectivity index (χ4v) is 5.72. The number of pyridine rings is 1. The van der Waals surface area contributed by atoms with E-state index in [0.29, 0.717) is 29.7 Å². The summed E-state index contributed by atoms with van der Waals surface area (Å²) in [6.07, 6.45) is 4.88. The number of hydrogen-bond donors (Lipinski definition) is 0. The molecule has 0 bridgehead atoms. The lowest BCUT2D eigenvalue weighted by molar-refractivity contribution is 0.0238. The fourth-order valence-electron chi connectivity index (χ4n) is 4.21. The van der Waals surface area contributed by atoms with Crippen LogP contribution in [0.3, 0.4) is 0 Å². The first-order valence-corrected chi connectivity index (χ1v) is 14.7. The van der Waals surface area contributed by atoms with E-state index in [1.165, 1.54) is 0 Å². The highest BCUT2D eigenvalue weighted by atomic mass is 35.5. The molecule has 32 heavy (non-hydrogen) atoms. The fraction of sp³-hybridized carbons (Fsp3) is 0.560. The molecule has 0 spiro atoms. The average molecular weight is 478 g/mol. The van der Waals surface area contributed by atoms with Crippen molar-refractivity contribution in [2.45, 2.75) is 76.8 Å². The molecule has 2 aromatic rings. The van der Waals surface area contributed by atoms with Crippen LogP contribution < -0.4 is 4.74 Å². The van der Waals surface area contributed by atoms with Crippen LogP contribution in [0.15, 0.2) is 24.4 Å². The minimum Gasteiger partial charge on any atom is -0.473 e. The molecule has 0 N–H and O–H groups in total. The molecule has 1 aromatic carbocycles. The van der Waals surface area contributed by atoms with Crippen molar-refractivity contribution < 1.29 is 18.3 Å². The number of nitrogens with zero attached hydrogens (tertiary/aromatic N) is 1. The number of hydrogen-bond acceptors (Lipinski definition) is 4. The highest BCUT2D eigenvalue weighted by Gasteiger charge is 2.41. The largest absolute Gasteiger partial charge is 0.473 e. The molecule has 2 heterocycles. The van der Waals surface area contributed by atoms with Crippen LogP contribution >= 0.6 is 11.6 Å². The molecule has 174 valence electrons. The van der Waals surface area contributed by atoms with E-state index >= 15 is 0 Å². The van der Waals surface area contributed by atoms with Gasteiger partial charge < -0.3 is 13.9 Å². The number of rotatable bonds is 5. The summed E-state index contributed by atoms with van der Waals surface area (Å²) < 4.78 is 33.0. The molecule has 4 rings (SSSR count). The minimum atomic E-state index is -2.02. The zero-order valence-corrected chi connectivity index (χ0v) is 21.4. The second-order valence-corrected chi connectivity index (χ2v) is 15.5. The van der Waals surface area contributed by atoms with Crippen LogP contribution in [-0.4, -0.2) is 32.6 Å². The molecule has 1 aromatic heterocycles. The van der Waals surface area contributed by atoms with Crippen LogP contribution in [0.25, 0.3) is 11.1 Å². The van der Waals surface area contributed by atoms with Gasteiger partial charge in [-0.3, -0.25) is 0 Å². The number of ether oxygens (including phenoxy) is 2. The summed E-state index contributed by atoms with van der Waals surface area (Å²) in [5.41, 5.74) is 3.55. The van der Waals surface area contributed by atoms with Gasteiger partial charge in [-0.2, -0.15) is 0 Å². The summed E-state index contributed by atoms with van der Waals surface area (Å²) in [7, 11) is -2.02. The molecule has 1 aliphatic heterocycles. The second-order valence-electron chi connectivity index (χ2n) is 10.3. The van der Waals surface area contributed by atoms with Gasteiger partial charge in [0.2, 0.25) is 5.88 Å². The maximum atomic E-state index is 15.0. The molecular formula is C25H33ClFNO3Si. The van der Waals surface area contributed by atoms with Gasteiger partial charge in [0.05, 0.1) is 19.3 Å². The molecule has 1 aliphatic carbocycles. The molecular weight excluding hydrogens is 445 g/mol. The van der Waals surface area contributed by atoms with Gasteiger partial charge in [-0.25, -0.2) is 9.37 Å². The number of halogens is 2. The highest BCUT2D eigenvalue weighted by molar-refractivity contribution is 6.74. The van der Waals surface area contributed by atoms with Crippen molar-refractivity contribution in [2.75, 3.05) is 13.2 Å². The SMILES string of the molecule is CC(C)(C)[Si](C)(C)OC1CCc2c(-c3cnc(OC4CCOCC4)c(Cl)c3)ccc(F)c21. The van der Waals surface area contributed by atoms with Gasteiger partial charge >= 0.3 is 0 Å². The van der Waals surface area contributed by atoms with Gasteiger partial charge in [0.15, 0.2) is 8.32 Å². The first-order valence-electron chi connectivity index (χ1n) is 11.5. The number of fused-ring (bicyclic) bond motifs is 1. The Kier molecular flexibility index (Phi) is 6.70. The summed E-state index contributed by atoms with van der Waals surface area (Å²) in [5.74, 6) is 0.253. The van der Waals surface area contributed by atoms with Gasteiger partial charge in [-0.1, -0.05) is 38.4 Å². The Morgan fingerprint density at radius 3 is 2.53 bits per heavy atom. The van der Waals surface area contributed by atoms with E-state index < -0.39 is 8.32 Å². The maximum absolute atomic E-state index is 15.0. The second kappa shape index (κ2) is 9.05. The van der Waals surface area contributed by atoms with Gasteiger partial charge in [0.1, 0.15) is 16.9 Å². The third-order valence-electron chi connectivity index (χ3n) is 7.09. The predicted molar refractivity (Wildman–Crippen MR) is 128 cm³/mol. The molecule has 0 amide bonds. The zero-order chi connectivity index (χ0) is 23.1. The van der Waals surface area contributed by atoms with Crippen molar-refractivity contribution in [3.63, 3.8) is 0 Å². The maximum Gasteiger partial charge on any atom is 0.232 e. The monoisotopic (exact) mass is 477 g/mol. The van der Waals surface area contributed by atoms with E-state index in [-0.39, 0.29) is 23.1 Å². The number of benzene rings is 1. The third-order valence-corrected chi connectivity index (χ3v) is 11.8. The van der Waals surface area contributed by atoms with Crippen LogP contribution in [0, 0.1) is 5.82 Å². The first kappa shape index (κ1) is 23.7. The first-order chi connectivity index (χ1) is 15.1. The summed E-state index contributed by atoms with van der Waals surface area (Å²) in [5, 5.41) is 0.542. The van der Waals surface area contributed by atoms with Crippen molar-refractivity contribution >= 4 is 19.9 Å². The zero-order valence-electron chi connectivity index (χ0n) is 19.6. The van der Waals surface area contributed by atoms with E-state index in [1.807, 2.05) is 12.1 Å². The molecule has 0 saturated carbocycles. The molecule has 1 unspecified atom stereocenters. The van der Waals surface area contributed by atoms with Gasteiger partial charge in [-0.05, 0) is 54.2 Å². The van der Waals surface area contributed by atoms with Crippen molar-refractivity contribution in [2.24, 2.45) is 0 Å². The highest BCUT2D eigenvalue weighted by Crippen LogP contribution is 2.46. The molecule has 1 fully saturated rings. The lowest BCUT2D eigenvalue weighted by Crippen LogP contribution is -2.41. The topological polar surface area (TPSA) is 40.6 Å². The lowest BCUT2D eigenvalue weighted by atomic mass is 9.97. The average Bonchev–Trinajstić information content (AvgIpc) is 3.14. The quantitative estimate of drug-likeness (QED) is 0.430. The Bertz CT molecular complexity index is 986. The van der Waals surface area contributed by atoms with E-state index in [0.717, 1.165) is 42.4 Å². The molecule has 1 atom stereocenters. The van der Waals surface area contributed by atoms with Crippen LogP contribution in [-0.2, 0) is 15.6 Å². The minimum absolute atomic E-state index is 0.0710. The van der Waals surface area contributed by atoms with E-state index in [1.54, 1.807) is 12.3 Å². The van der Waals surface area contributed by atoms with Crippen LogP contribution in [0.5, 0.6) is 5.88 Å². The summed E-state index contributed by atoms with van der Waals surface area (Å²) in [6, 6.07) is 5.25. The Morgan fingerprint density at radius 1 is 1.16 bits per heavy atom. The molecule has 4 nitrogen and oxygen atoms in total. The van der Waals surface area contributed by atoms with Crippen molar-refractivity contribution in [1.29, 1.82) is 0 Å². The van der Waals surface area contributed by atoms with Crippen molar-refractivity contribution in [1.82, 2.24) is 4.98 Å². The van der Waals surface area contributed by atoms with Crippen LogP contribution in [0.1, 0.15) is 57.3 Å². The Morgan fingerprint density at radius 2 is 1.88 bits per heavy atom. The Balaban J connectivity index is 1.61. The summed E-state index contributed by atoms with van der Waals surface area (Å²) in [6.45, 7) is 12.4. The van der Waals surface area contributed by atoms with Crippen molar-refractivity contribution in [3.05, 3.63) is 46.4 Å². The van der Waals surface area contributed by atoms with Gasteiger partial charge in [0, 0.05) is 30.2 Å². The third kappa shape index (κ3) is 4.74. The summed E-state index contributed by atoms with van der Waals surface area (Å²) >= 11 is 6.53. The number of aromatic nitrogens is 1. The van der Waals surface area contributed by atoms with E-state index in [2.05, 4.69) is 38.8 Å². The van der Waals surface area contributed by atoms with E-state index in [4.69, 9.17) is 25.5 Å². The Hall–Kier alpha value is -1.47. The smallest absolute Gasteiger partial charge is 0.232 e. The van der Waals surface area contributed by atoms with Gasteiger partial charge in [-0.15, -0.1) is 0 Å². The standard InChI is InChI=1S/C25H33ClFNO3Si/c1-25(2,3)32(4,5)31-22-9-7-19-18(6-8-21(27)23(19)22)16-14-20(26)24(28-15-16)30-17-10-12-29-13-11-17/h6,8,14-15,17,22H,7,9-13H2,1-5H3. The lowest BCUT2D eigenvalue weighted by Gasteiger charge is -2.38. The van der Waals surface area contributed by atoms with E-state index in [9.17, 15) is 4.39 Å². The van der Waals surface area contributed by atoms with Crippen LogP contribution in [0.4, 0.5) is 4.39 Å². The predicted octanol–water partition coefficient (Wildman–Crippen LogP) is 7.11. The van der Waals surface area contributed by atoms with Crippen LogP contribution in [0.2, 0.25) is 23.2 Å². The van der Waals surface area contributed by atoms with Gasteiger partial charge in [0.25, 0.3) is 0 Å². The van der Waals surface area contributed by atoms with Crippen molar-refractivity contribution in [3.8, 4) is 17.0 Å². The molecule has 7 heteroatoms. The molecule has 2 aliphatic rings. The molecule has 1 saturated heterocycles. The Labute approximate surface area is 196 Å². The summed E-state index contributed by atoms with van der Waals surface area (Å²) in [4.78, 5) is 4.49. The molecule has 0 radical (unpaired) electrons.